The van der Waals surface area contributed by atoms with E-state index in [0.717, 1.165) is 44.6 Å². The number of hydrogen-bond acceptors (Lipinski definition) is 9. The van der Waals surface area contributed by atoms with Crippen LogP contribution in [0.4, 0.5) is 5.69 Å². The molecule has 7 aromatic rings. The van der Waals surface area contributed by atoms with E-state index in [0.29, 0.717) is 28.8 Å². The molecule has 8 rings (SSSR count). The van der Waals surface area contributed by atoms with Gasteiger partial charge >= 0.3 is 0 Å². The normalized spacial score (nSPS) is 17.1. The average Bonchev–Trinajstić information content (AvgIpc) is 3.74. The van der Waals surface area contributed by atoms with Crippen LogP contribution in [0.5, 0.6) is 0 Å². The van der Waals surface area contributed by atoms with Gasteiger partial charge in [0.1, 0.15) is 11.7 Å². The Hall–Kier alpha value is -5.86. The number of sulfonamides is 1. The van der Waals surface area contributed by atoms with Crippen molar-refractivity contribution >= 4 is 33.4 Å². The molecule has 4 atom stereocenters. The molecule has 3 N–H and O–H groups in total. The summed E-state index contributed by atoms with van der Waals surface area (Å²) in [6.45, 7) is 1.82. The van der Waals surface area contributed by atoms with Gasteiger partial charge in [0, 0.05) is 34.6 Å². The molecule has 1 amide bonds. The number of oxazole rings is 1. The molecule has 12 heteroatoms. The molecule has 10 nitrogen and oxygen atoms in total. The molecule has 1 aromatic heterocycles. The number of rotatable bonds is 15. The Labute approximate surface area is 360 Å². The van der Waals surface area contributed by atoms with Gasteiger partial charge in [-0.2, -0.15) is 4.72 Å². The molecule has 1 fully saturated rings. The summed E-state index contributed by atoms with van der Waals surface area (Å²) in [6.07, 6.45) is -0.619. The Morgan fingerprint density at radius 3 is 2.03 bits per heavy atom. The Kier molecular flexibility index (Phi) is 13.2. The van der Waals surface area contributed by atoms with Crippen molar-refractivity contribution in [3.8, 4) is 22.6 Å². The smallest absolute Gasteiger partial charge is 0.256 e. The molecule has 0 bridgehead atoms. The summed E-state index contributed by atoms with van der Waals surface area (Å²) in [7, 11) is -4.01. The largest absolute Gasteiger partial charge is 0.431 e. The molecule has 0 unspecified atom stereocenters. The predicted octanol–water partition coefficient (Wildman–Crippen LogP) is 9.68. The lowest BCUT2D eigenvalue weighted by atomic mass is 10.0. The summed E-state index contributed by atoms with van der Waals surface area (Å²) >= 11 is 1.48. The third kappa shape index (κ3) is 10.5. The second-order valence-corrected chi connectivity index (χ2v) is 17.5. The minimum Gasteiger partial charge on any atom is -0.431 e. The molecule has 310 valence electrons. The molecular weight excluding hydrogens is 807 g/mol. The van der Waals surface area contributed by atoms with E-state index in [1.807, 2.05) is 134 Å². The Bertz CT molecular complexity index is 2570. The van der Waals surface area contributed by atoms with Crippen LogP contribution >= 0.6 is 11.8 Å². The van der Waals surface area contributed by atoms with Crippen molar-refractivity contribution in [2.45, 2.75) is 61.0 Å². The maximum absolute atomic E-state index is 13.8. The first kappa shape index (κ1) is 41.9. The van der Waals surface area contributed by atoms with Crippen LogP contribution in [0.2, 0.25) is 0 Å². The van der Waals surface area contributed by atoms with Crippen LogP contribution in [-0.2, 0) is 37.3 Å². The molecule has 1 aliphatic rings. The van der Waals surface area contributed by atoms with E-state index < -0.39 is 28.3 Å². The van der Waals surface area contributed by atoms with Crippen molar-refractivity contribution in [2.24, 2.45) is 0 Å². The Morgan fingerprint density at radius 2 is 1.38 bits per heavy atom. The van der Waals surface area contributed by atoms with Crippen molar-refractivity contribution in [3.05, 3.63) is 192 Å². The topological polar surface area (TPSA) is 140 Å². The maximum atomic E-state index is 13.8. The first-order valence-electron chi connectivity index (χ1n) is 20.0. The number of nitrogens with zero attached hydrogens (tertiary/aromatic N) is 1. The number of carbonyl (C=O) groups is 1. The third-order valence-electron chi connectivity index (χ3n) is 10.4. The molecular formula is C49H45N3O7S2. The highest BCUT2D eigenvalue weighted by molar-refractivity contribution is 7.99. The van der Waals surface area contributed by atoms with Crippen LogP contribution in [0.3, 0.4) is 0 Å². The molecule has 1 saturated heterocycles. The van der Waals surface area contributed by atoms with Crippen LogP contribution < -0.4 is 10.0 Å². The number of aliphatic hydroxyl groups excluding tert-OH is 1. The Morgan fingerprint density at radius 1 is 0.754 bits per heavy atom. The highest BCUT2D eigenvalue weighted by atomic mass is 32.2. The first-order valence-corrected chi connectivity index (χ1v) is 22.5. The molecule has 6 aromatic carbocycles. The number of carbonyl (C=O) groups excluding carboxylic acids is 1. The zero-order valence-electron chi connectivity index (χ0n) is 33.4. The van der Waals surface area contributed by atoms with E-state index in [1.54, 1.807) is 24.3 Å². The van der Waals surface area contributed by atoms with Gasteiger partial charge in [-0.1, -0.05) is 157 Å². The molecule has 2 heterocycles. The van der Waals surface area contributed by atoms with E-state index in [1.165, 1.54) is 23.9 Å². The number of thioether (sulfide) groups is 1. The number of amides is 1. The number of aliphatic hydroxyl groups is 1. The minimum absolute atomic E-state index is 0.0581. The quantitative estimate of drug-likeness (QED) is 0.0861. The zero-order valence-corrected chi connectivity index (χ0v) is 35.0. The van der Waals surface area contributed by atoms with Gasteiger partial charge in [0.05, 0.1) is 23.7 Å². The van der Waals surface area contributed by atoms with E-state index in [4.69, 9.17) is 18.9 Å². The molecule has 0 saturated carbocycles. The van der Waals surface area contributed by atoms with Gasteiger partial charge in [-0.25, -0.2) is 13.4 Å². The molecule has 1 aliphatic heterocycles. The molecule has 0 spiro atoms. The summed E-state index contributed by atoms with van der Waals surface area (Å²) in [5, 5.41) is 13.1. The van der Waals surface area contributed by atoms with Gasteiger partial charge in [-0.05, 0) is 54.3 Å². The number of aromatic nitrogens is 1. The summed E-state index contributed by atoms with van der Waals surface area (Å²) in [6, 6.07) is 49.5. The monoisotopic (exact) mass is 851 g/mol. The van der Waals surface area contributed by atoms with Crippen LogP contribution in [0.15, 0.2) is 178 Å². The van der Waals surface area contributed by atoms with Crippen molar-refractivity contribution in [3.63, 3.8) is 0 Å². The molecule has 0 aliphatic carbocycles. The molecule has 0 radical (unpaired) electrons. The predicted molar refractivity (Wildman–Crippen MR) is 237 cm³/mol. The van der Waals surface area contributed by atoms with Crippen LogP contribution in [0, 0.1) is 6.92 Å². The van der Waals surface area contributed by atoms with Gasteiger partial charge in [0.15, 0.2) is 12.1 Å². The number of aryl methyl sites for hydroxylation is 1. The SMILES string of the molecule is Cc1ccc(S(=O)(=O)N[C@H](Cc2ccccc2)C(=O)Nc2ccc([C@H]3O[C@@H](CSc4nc(-c5ccccc5)c(-c5ccccc5)o4)C[C@@H](c4ccc(CO)cc4)O3)cc2)cc1. The van der Waals surface area contributed by atoms with Gasteiger partial charge in [0.2, 0.25) is 15.9 Å². The highest BCUT2D eigenvalue weighted by Gasteiger charge is 2.33. The second kappa shape index (κ2) is 19.2. The summed E-state index contributed by atoms with van der Waals surface area (Å²) < 4.78 is 49.1. The van der Waals surface area contributed by atoms with Crippen molar-refractivity contribution < 1.29 is 32.2 Å². The summed E-state index contributed by atoms with van der Waals surface area (Å²) in [5.74, 6) is 0.728. The number of hydrogen-bond donors (Lipinski definition) is 3. The van der Waals surface area contributed by atoms with E-state index in [9.17, 15) is 18.3 Å². The van der Waals surface area contributed by atoms with E-state index in [2.05, 4.69) is 10.0 Å². The Balaban J connectivity index is 1.00. The lowest BCUT2D eigenvalue weighted by molar-refractivity contribution is -0.245. The number of nitrogens with one attached hydrogen (secondary N) is 2. The summed E-state index contributed by atoms with van der Waals surface area (Å²) in [4.78, 5) is 18.8. The fourth-order valence-electron chi connectivity index (χ4n) is 7.09. The van der Waals surface area contributed by atoms with Gasteiger partial charge in [-0.3, -0.25) is 4.79 Å². The second-order valence-electron chi connectivity index (χ2n) is 14.8. The zero-order chi connectivity index (χ0) is 42.2. The van der Waals surface area contributed by atoms with Crippen LogP contribution in [-0.4, -0.2) is 42.3 Å². The first-order chi connectivity index (χ1) is 29.7. The minimum atomic E-state index is -4.01. The van der Waals surface area contributed by atoms with Gasteiger partial charge < -0.3 is 24.3 Å². The lowest BCUT2D eigenvalue weighted by Crippen LogP contribution is -2.45. The average molecular weight is 852 g/mol. The van der Waals surface area contributed by atoms with E-state index in [-0.39, 0.29) is 30.1 Å². The standard InChI is InChI=1S/C49H45N3O7S2/c1-33-17-27-42(28-18-33)61(55,56)52-43(29-34-11-5-2-6-12-34)47(54)50-40-25-23-39(24-26-40)48-57-41(30-44(58-48)36-21-19-35(31-53)20-22-36)32-60-49-51-45(37-13-7-3-8-14-37)46(59-49)38-15-9-4-10-16-38/h2-28,41,43-44,48,52-53H,29-32H2,1H3,(H,50,54)/t41-,43-,44+,48+/m1/s1. The lowest BCUT2D eigenvalue weighted by Gasteiger charge is -2.36. The number of ether oxygens (including phenoxy) is 2. The van der Waals surface area contributed by atoms with Gasteiger partial charge in [0.25, 0.3) is 5.22 Å². The number of anilines is 1. The highest BCUT2D eigenvalue weighted by Crippen LogP contribution is 2.41. The van der Waals surface area contributed by atoms with Crippen molar-refractivity contribution in [1.82, 2.24) is 9.71 Å². The van der Waals surface area contributed by atoms with E-state index >= 15 is 0 Å². The van der Waals surface area contributed by atoms with Crippen molar-refractivity contribution in [1.29, 1.82) is 0 Å². The number of benzene rings is 6. The maximum Gasteiger partial charge on any atom is 0.256 e. The fraction of sp³-hybridized carbons (Fsp3) is 0.184. The fourth-order valence-corrected chi connectivity index (χ4v) is 9.13. The van der Waals surface area contributed by atoms with Gasteiger partial charge in [-0.15, -0.1) is 0 Å². The van der Waals surface area contributed by atoms with Crippen molar-refractivity contribution in [2.75, 3.05) is 11.1 Å². The molecule has 61 heavy (non-hydrogen) atoms. The summed E-state index contributed by atoms with van der Waals surface area (Å²) in [5.41, 5.74) is 7.36. The van der Waals surface area contributed by atoms with Crippen LogP contribution in [0.25, 0.3) is 22.6 Å². The van der Waals surface area contributed by atoms with Crippen LogP contribution in [0.1, 0.15) is 46.6 Å². The third-order valence-corrected chi connectivity index (χ3v) is 12.8.